The lowest BCUT2D eigenvalue weighted by Gasteiger charge is -2.35. The van der Waals surface area contributed by atoms with Crippen LogP contribution in [0.5, 0.6) is 0 Å². The monoisotopic (exact) mass is 332 g/mol. The molecule has 2 aliphatic rings. The third-order valence-corrected chi connectivity index (χ3v) is 5.25. The molecule has 24 heavy (non-hydrogen) atoms. The second-order valence-electron chi connectivity index (χ2n) is 6.96. The Morgan fingerprint density at radius 3 is 2.58 bits per heavy atom. The van der Waals surface area contributed by atoms with Gasteiger partial charge in [0.2, 0.25) is 0 Å². The number of carbonyl (C=O) groups is 1. The molecule has 1 atom stereocenters. The van der Waals surface area contributed by atoms with E-state index >= 15 is 0 Å². The van der Waals surface area contributed by atoms with Gasteiger partial charge in [-0.2, -0.15) is 0 Å². The normalized spacial score (nSPS) is 22.7. The number of hydrogen-bond acceptors (Lipinski definition) is 4. The lowest BCUT2D eigenvalue weighted by molar-refractivity contribution is 0.0748. The maximum absolute atomic E-state index is 12.4. The number of ether oxygens (including phenoxy) is 1. The summed E-state index contributed by atoms with van der Waals surface area (Å²) >= 11 is 0. The number of carbonyl (C=O) groups excluding carboxylic acids is 1. The van der Waals surface area contributed by atoms with Gasteiger partial charge in [0.25, 0.3) is 0 Å². The number of hydrogen-bond donors (Lipinski definition) is 1. The van der Waals surface area contributed by atoms with Crippen molar-refractivity contribution in [1.82, 2.24) is 9.80 Å². The van der Waals surface area contributed by atoms with Crippen LogP contribution in [0.2, 0.25) is 0 Å². The summed E-state index contributed by atoms with van der Waals surface area (Å²) in [5.74, 6) is 0.455. The fraction of sp³-hybridized carbons (Fsp3) is 0.632. The molecule has 0 aromatic heterocycles. The Bertz CT molecular complexity index is 515. The van der Waals surface area contributed by atoms with Crippen molar-refractivity contribution >= 4 is 6.09 Å². The molecule has 3 rings (SSSR count). The standard InChI is InChI=1S/C19H28N2O3/c22-14-16-8-11-20(12-9-16)13-18-7-4-10-21(18)19(23)24-15-17-5-2-1-3-6-17/h1-3,5-6,16,18,22H,4,7-15H2/t18-/m0/s1. The summed E-state index contributed by atoms with van der Waals surface area (Å²) in [7, 11) is 0. The van der Waals surface area contributed by atoms with Crippen LogP contribution in [-0.2, 0) is 11.3 Å². The van der Waals surface area contributed by atoms with Crippen molar-refractivity contribution in [3.05, 3.63) is 35.9 Å². The average Bonchev–Trinajstić information content (AvgIpc) is 3.09. The number of amides is 1. The number of piperidine rings is 1. The van der Waals surface area contributed by atoms with Gasteiger partial charge in [-0.1, -0.05) is 30.3 Å². The first-order chi connectivity index (χ1) is 11.8. The van der Waals surface area contributed by atoms with Gasteiger partial charge in [-0.25, -0.2) is 4.79 Å². The van der Waals surface area contributed by atoms with Crippen molar-refractivity contribution in [3.8, 4) is 0 Å². The van der Waals surface area contributed by atoms with Crippen molar-refractivity contribution in [2.24, 2.45) is 5.92 Å². The number of aliphatic hydroxyl groups excluding tert-OH is 1. The van der Waals surface area contributed by atoms with E-state index in [0.717, 1.165) is 57.4 Å². The highest BCUT2D eigenvalue weighted by Gasteiger charge is 2.32. The first-order valence-electron chi connectivity index (χ1n) is 9.07. The second kappa shape index (κ2) is 8.49. The lowest BCUT2D eigenvalue weighted by Crippen LogP contribution is -2.46. The molecule has 0 saturated carbocycles. The van der Waals surface area contributed by atoms with Crippen LogP contribution >= 0.6 is 0 Å². The Labute approximate surface area is 144 Å². The summed E-state index contributed by atoms with van der Waals surface area (Å²) in [4.78, 5) is 16.8. The van der Waals surface area contributed by atoms with Crippen LogP contribution in [0.3, 0.4) is 0 Å². The van der Waals surface area contributed by atoms with Crippen LogP contribution in [0.1, 0.15) is 31.2 Å². The largest absolute Gasteiger partial charge is 0.445 e. The van der Waals surface area contributed by atoms with Crippen molar-refractivity contribution < 1.29 is 14.6 Å². The van der Waals surface area contributed by atoms with Gasteiger partial charge in [0.1, 0.15) is 6.61 Å². The molecule has 0 aliphatic carbocycles. The van der Waals surface area contributed by atoms with Gasteiger partial charge >= 0.3 is 6.09 Å². The van der Waals surface area contributed by atoms with E-state index in [1.807, 2.05) is 35.2 Å². The molecule has 132 valence electrons. The molecule has 0 radical (unpaired) electrons. The number of benzene rings is 1. The van der Waals surface area contributed by atoms with E-state index in [1.54, 1.807) is 0 Å². The molecule has 2 saturated heterocycles. The molecule has 2 fully saturated rings. The topological polar surface area (TPSA) is 53.0 Å². The molecule has 0 bridgehead atoms. The van der Waals surface area contributed by atoms with Crippen LogP contribution in [0.25, 0.3) is 0 Å². The Balaban J connectivity index is 1.47. The molecule has 1 amide bonds. The zero-order chi connectivity index (χ0) is 16.8. The second-order valence-corrected chi connectivity index (χ2v) is 6.96. The highest BCUT2D eigenvalue weighted by Crippen LogP contribution is 2.23. The van der Waals surface area contributed by atoms with E-state index in [0.29, 0.717) is 19.1 Å². The van der Waals surface area contributed by atoms with Gasteiger partial charge in [-0.3, -0.25) is 0 Å². The Morgan fingerprint density at radius 1 is 1.12 bits per heavy atom. The van der Waals surface area contributed by atoms with E-state index in [2.05, 4.69) is 4.90 Å². The first-order valence-corrected chi connectivity index (χ1v) is 9.07. The number of aliphatic hydroxyl groups is 1. The molecule has 1 aromatic carbocycles. The minimum absolute atomic E-state index is 0.188. The van der Waals surface area contributed by atoms with Gasteiger partial charge in [-0.05, 0) is 50.3 Å². The maximum atomic E-state index is 12.4. The molecule has 0 unspecified atom stereocenters. The molecule has 2 heterocycles. The highest BCUT2D eigenvalue weighted by atomic mass is 16.6. The molecule has 5 heteroatoms. The quantitative estimate of drug-likeness (QED) is 0.900. The SMILES string of the molecule is O=C(OCc1ccccc1)N1CCC[C@H]1CN1CCC(CO)CC1. The highest BCUT2D eigenvalue weighted by molar-refractivity contribution is 5.68. The van der Waals surface area contributed by atoms with Crippen molar-refractivity contribution in [1.29, 1.82) is 0 Å². The summed E-state index contributed by atoms with van der Waals surface area (Å²) in [6.07, 6.45) is 4.04. The smallest absolute Gasteiger partial charge is 0.410 e. The molecule has 2 aliphatic heterocycles. The maximum Gasteiger partial charge on any atom is 0.410 e. The minimum atomic E-state index is -0.188. The number of likely N-dealkylation sites (tertiary alicyclic amines) is 2. The Kier molecular flexibility index (Phi) is 6.10. The van der Waals surface area contributed by atoms with Crippen LogP contribution in [-0.4, -0.2) is 59.8 Å². The first kappa shape index (κ1) is 17.2. The number of nitrogens with zero attached hydrogens (tertiary/aromatic N) is 2. The predicted molar refractivity (Wildman–Crippen MR) is 92.6 cm³/mol. The summed E-state index contributed by atoms with van der Waals surface area (Å²) in [6, 6.07) is 10.1. The third kappa shape index (κ3) is 4.48. The summed E-state index contributed by atoms with van der Waals surface area (Å²) < 4.78 is 5.50. The summed E-state index contributed by atoms with van der Waals surface area (Å²) in [6.45, 7) is 4.41. The van der Waals surface area contributed by atoms with Gasteiger partial charge in [0, 0.05) is 25.7 Å². The fourth-order valence-electron chi connectivity index (χ4n) is 3.72. The van der Waals surface area contributed by atoms with Crippen LogP contribution in [0.4, 0.5) is 4.79 Å². The lowest BCUT2D eigenvalue weighted by atomic mass is 9.97. The van der Waals surface area contributed by atoms with E-state index in [1.165, 1.54) is 0 Å². The molecular formula is C19H28N2O3. The molecule has 1 aromatic rings. The number of rotatable bonds is 5. The predicted octanol–water partition coefficient (Wildman–Crippen LogP) is 2.49. The van der Waals surface area contributed by atoms with Gasteiger partial charge < -0.3 is 19.6 Å². The van der Waals surface area contributed by atoms with Crippen LogP contribution in [0, 0.1) is 5.92 Å². The van der Waals surface area contributed by atoms with Crippen molar-refractivity contribution in [3.63, 3.8) is 0 Å². The van der Waals surface area contributed by atoms with E-state index < -0.39 is 0 Å². The summed E-state index contributed by atoms with van der Waals surface area (Å²) in [5, 5.41) is 9.24. The zero-order valence-electron chi connectivity index (χ0n) is 14.3. The van der Waals surface area contributed by atoms with Crippen molar-refractivity contribution in [2.75, 3.05) is 32.8 Å². The van der Waals surface area contributed by atoms with Gasteiger partial charge in [0.05, 0.1) is 0 Å². The Morgan fingerprint density at radius 2 is 1.88 bits per heavy atom. The molecule has 1 N–H and O–H groups in total. The molecule has 0 spiro atoms. The average molecular weight is 332 g/mol. The minimum Gasteiger partial charge on any atom is -0.445 e. The third-order valence-electron chi connectivity index (χ3n) is 5.25. The van der Waals surface area contributed by atoms with E-state index in [9.17, 15) is 9.90 Å². The van der Waals surface area contributed by atoms with Crippen LogP contribution < -0.4 is 0 Å². The van der Waals surface area contributed by atoms with E-state index in [4.69, 9.17) is 4.74 Å². The van der Waals surface area contributed by atoms with Crippen LogP contribution in [0.15, 0.2) is 30.3 Å². The summed E-state index contributed by atoms with van der Waals surface area (Å²) in [5.41, 5.74) is 1.02. The molecule has 5 nitrogen and oxygen atoms in total. The zero-order valence-corrected chi connectivity index (χ0v) is 14.3. The Hall–Kier alpha value is -1.59. The van der Waals surface area contributed by atoms with Gasteiger partial charge in [-0.15, -0.1) is 0 Å². The van der Waals surface area contributed by atoms with Crippen molar-refractivity contribution in [2.45, 2.75) is 38.3 Å². The van der Waals surface area contributed by atoms with E-state index in [-0.39, 0.29) is 12.1 Å². The molecular weight excluding hydrogens is 304 g/mol. The fourth-order valence-corrected chi connectivity index (χ4v) is 3.72. The van der Waals surface area contributed by atoms with Gasteiger partial charge in [0.15, 0.2) is 0 Å².